The molecule has 19 heavy (non-hydrogen) atoms. The molecule has 0 fully saturated rings. The van der Waals surface area contributed by atoms with Crippen molar-refractivity contribution < 1.29 is 23.1 Å². The van der Waals surface area contributed by atoms with Gasteiger partial charge in [-0.3, -0.25) is 4.79 Å². The average Bonchev–Trinajstić information content (AvgIpc) is 2.36. The number of alkyl halides is 3. The fraction of sp³-hybridized carbons (Fsp3) is 0.308. The summed E-state index contributed by atoms with van der Waals surface area (Å²) in [7, 11) is 0. The van der Waals surface area contributed by atoms with Crippen LogP contribution in [0.15, 0.2) is 37.4 Å². The Kier molecular flexibility index (Phi) is 7.33. The van der Waals surface area contributed by atoms with Gasteiger partial charge in [0.15, 0.2) is 0 Å². The van der Waals surface area contributed by atoms with Crippen molar-refractivity contribution >= 4 is 11.7 Å². The minimum absolute atomic E-state index is 0.00797. The van der Waals surface area contributed by atoms with Crippen molar-refractivity contribution in [1.29, 1.82) is 0 Å². The molecule has 1 aromatic carbocycles. The predicted molar refractivity (Wildman–Crippen MR) is 68.1 cm³/mol. The van der Waals surface area contributed by atoms with E-state index in [2.05, 4.69) is 18.5 Å². The van der Waals surface area contributed by atoms with Crippen molar-refractivity contribution in [2.45, 2.75) is 19.0 Å². The zero-order chi connectivity index (χ0) is 14.9. The summed E-state index contributed by atoms with van der Waals surface area (Å²) in [5, 5.41) is 11.1. The molecule has 0 heterocycles. The highest BCUT2D eigenvalue weighted by Crippen LogP contribution is 2.30. The third kappa shape index (κ3) is 7.13. The molecule has 0 aromatic heterocycles. The van der Waals surface area contributed by atoms with Crippen molar-refractivity contribution in [2.24, 2.45) is 0 Å². The normalized spacial score (nSPS) is 10.3. The Morgan fingerprint density at radius 3 is 2.47 bits per heavy atom. The fourth-order valence-electron chi connectivity index (χ4n) is 1.28. The predicted octanol–water partition coefficient (Wildman–Crippen LogP) is 3.78. The first kappa shape index (κ1) is 17.0. The number of rotatable bonds is 5. The molecule has 0 aliphatic heterocycles. The molecule has 0 atom stereocenters. The summed E-state index contributed by atoms with van der Waals surface area (Å²) in [6.45, 7) is 6.33. The van der Waals surface area contributed by atoms with Gasteiger partial charge < -0.3 is 10.4 Å². The van der Waals surface area contributed by atoms with E-state index in [1.54, 1.807) is 0 Å². The number of carboxylic acids is 1. The maximum absolute atomic E-state index is 12.4. The molecule has 6 heteroatoms. The van der Waals surface area contributed by atoms with E-state index in [0.717, 1.165) is 12.1 Å². The zero-order valence-corrected chi connectivity index (χ0v) is 10.3. The number of aliphatic carboxylic acids is 1. The van der Waals surface area contributed by atoms with Gasteiger partial charge in [0.2, 0.25) is 0 Å². The van der Waals surface area contributed by atoms with Crippen LogP contribution in [0.1, 0.15) is 18.4 Å². The molecule has 0 unspecified atom stereocenters. The Balaban J connectivity index is 0.00000154. The van der Waals surface area contributed by atoms with Gasteiger partial charge in [0.1, 0.15) is 0 Å². The van der Waals surface area contributed by atoms with Crippen LogP contribution in [-0.2, 0) is 11.0 Å². The average molecular weight is 275 g/mol. The van der Waals surface area contributed by atoms with Crippen LogP contribution < -0.4 is 5.32 Å². The van der Waals surface area contributed by atoms with Gasteiger partial charge in [-0.1, -0.05) is 6.07 Å². The molecule has 0 bridgehead atoms. The lowest BCUT2D eigenvalue weighted by Crippen LogP contribution is -2.08. The summed E-state index contributed by atoms with van der Waals surface area (Å²) in [6.07, 6.45) is -4.00. The topological polar surface area (TPSA) is 49.3 Å². The van der Waals surface area contributed by atoms with Crippen molar-refractivity contribution in [3.05, 3.63) is 43.0 Å². The van der Waals surface area contributed by atoms with E-state index in [9.17, 15) is 18.0 Å². The Morgan fingerprint density at radius 1 is 1.32 bits per heavy atom. The smallest absolute Gasteiger partial charge is 0.416 e. The largest absolute Gasteiger partial charge is 0.481 e. The van der Waals surface area contributed by atoms with Crippen LogP contribution in [0, 0.1) is 0 Å². The standard InChI is InChI=1S/C11H12F3NO2.C2H4/c12-11(13,14)8-3-1-4-9(7-8)15-6-2-5-10(16)17;1-2/h1,3-4,7,15H,2,5-6H2,(H,16,17);1-2H2. The van der Waals surface area contributed by atoms with Gasteiger partial charge in [-0.05, 0) is 24.6 Å². The van der Waals surface area contributed by atoms with Gasteiger partial charge in [-0.2, -0.15) is 13.2 Å². The van der Waals surface area contributed by atoms with Crippen molar-refractivity contribution in [3.63, 3.8) is 0 Å². The van der Waals surface area contributed by atoms with Crippen LogP contribution in [0.25, 0.3) is 0 Å². The molecule has 2 N–H and O–H groups in total. The summed E-state index contributed by atoms with van der Waals surface area (Å²) in [4.78, 5) is 10.2. The first-order valence-corrected chi connectivity index (χ1v) is 5.52. The number of anilines is 1. The van der Waals surface area contributed by atoms with E-state index in [4.69, 9.17) is 5.11 Å². The van der Waals surface area contributed by atoms with Crippen LogP contribution in [0.2, 0.25) is 0 Å². The van der Waals surface area contributed by atoms with E-state index < -0.39 is 17.7 Å². The second-order valence-corrected chi connectivity index (χ2v) is 3.50. The number of halogens is 3. The molecule has 0 saturated heterocycles. The molecule has 0 amide bonds. The molecule has 0 saturated carbocycles. The van der Waals surface area contributed by atoms with Crippen molar-refractivity contribution in [1.82, 2.24) is 0 Å². The number of benzene rings is 1. The maximum Gasteiger partial charge on any atom is 0.416 e. The third-order valence-electron chi connectivity index (χ3n) is 2.09. The highest BCUT2D eigenvalue weighted by Gasteiger charge is 2.30. The van der Waals surface area contributed by atoms with Crippen LogP contribution in [-0.4, -0.2) is 17.6 Å². The van der Waals surface area contributed by atoms with E-state index in [-0.39, 0.29) is 6.42 Å². The van der Waals surface area contributed by atoms with E-state index in [0.29, 0.717) is 18.7 Å². The summed E-state index contributed by atoms with van der Waals surface area (Å²) >= 11 is 0. The van der Waals surface area contributed by atoms with E-state index in [1.165, 1.54) is 12.1 Å². The zero-order valence-electron chi connectivity index (χ0n) is 10.3. The van der Waals surface area contributed by atoms with E-state index >= 15 is 0 Å². The first-order valence-electron chi connectivity index (χ1n) is 5.52. The number of carbonyl (C=O) groups is 1. The monoisotopic (exact) mass is 275 g/mol. The molecule has 3 nitrogen and oxygen atoms in total. The van der Waals surface area contributed by atoms with Gasteiger partial charge in [-0.25, -0.2) is 0 Å². The number of carboxylic acid groups (broad SMARTS) is 1. The molecular weight excluding hydrogens is 259 g/mol. The lowest BCUT2D eigenvalue weighted by molar-refractivity contribution is -0.138. The Bertz CT molecular complexity index is 405. The van der Waals surface area contributed by atoms with Crippen molar-refractivity contribution in [3.8, 4) is 0 Å². The van der Waals surface area contributed by atoms with Gasteiger partial charge in [0.05, 0.1) is 5.56 Å². The van der Waals surface area contributed by atoms with Crippen molar-refractivity contribution in [2.75, 3.05) is 11.9 Å². The fourth-order valence-corrected chi connectivity index (χ4v) is 1.28. The van der Waals surface area contributed by atoms with Crippen LogP contribution >= 0.6 is 0 Å². The molecule has 1 aromatic rings. The molecule has 0 radical (unpaired) electrons. The Hall–Kier alpha value is -1.98. The molecule has 106 valence electrons. The van der Waals surface area contributed by atoms with Crippen LogP contribution in [0.5, 0.6) is 0 Å². The Morgan fingerprint density at radius 2 is 1.95 bits per heavy atom. The first-order chi connectivity index (χ1) is 8.89. The quantitative estimate of drug-likeness (QED) is 0.635. The highest BCUT2D eigenvalue weighted by atomic mass is 19.4. The van der Waals surface area contributed by atoms with Crippen LogP contribution in [0.3, 0.4) is 0 Å². The summed E-state index contributed by atoms with van der Waals surface area (Å²) < 4.78 is 37.1. The molecule has 0 aliphatic rings. The second kappa shape index (κ2) is 8.18. The molecule has 0 spiro atoms. The summed E-state index contributed by atoms with van der Waals surface area (Å²) in [6, 6.07) is 4.81. The maximum atomic E-state index is 12.4. The lowest BCUT2D eigenvalue weighted by Gasteiger charge is -2.10. The van der Waals surface area contributed by atoms with Gasteiger partial charge >= 0.3 is 12.1 Å². The van der Waals surface area contributed by atoms with Gasteiger partial charge in [-0.15, -0.1) is 13.2 Å². The molecule has 0 aliphatic carbocycles. The second-order valence-electron chi connectivity index (χ2n) is 3.50. The molecule has 1 rings (SSSR count). The highest BCUT2D eigenvalue weighted by molar-refractivity contribution is 5.66. The minimum Gasteiger partial charge on any atom is -0.481 e. The van der Waals surface area contributed by atoms with Gasteiger partial charge in [0.25, 0.3) is 0 Å². The number of hydrogen-bond acceptors (Lipinski definition) is 2. The number of nitrogens with one attached hydrogen (secondary N) is 1. The van der Waals surface area contributed by atoms with Crippen LogP contribution in [0.4, 0.5) is 18.9 Å². The lowest BCUT2D eigenvalue weighted by atomic mass is 10.2. The number of hydrogen-bond donors (Lipinski definition) is 2. The summed E-state index contributed by atoms with van der Waals surface area (Å²) in [5.41, 5.74) is -0.383. The summed E-state index contributed by atoms with van der Waals surface area (Å²) in [5.74, 6) is -0.921. The minimum atomic E-state index is -4.36. The third-order valence-corrected chi connectivity index (χ3v) is 2.09. The SMILES string of the molecule is C=C.O=C(O)CCCNc1cccc(C(F)(F)F)c1. The Labute approximate surface area is 109 Å². The van der Waals surface area contributed by atoms with Gasteiger partial charge in [0, 0.05) is 18.7 Å². The van der Waals surface area contributed by atoms with E-state index in [1.807, 2.05) is 0 Å². The molecular formula is C13H16F3NO2.